The van der Waals surface area contributed by atoms with Crippen molar-refractivity contribution in [3.05, 3.63) is 102 Å². The molecule has 0 aliphatic heterocycles. The average Bonchev–Trinajstić information content (AvgIpc) is 2.90. The largest absolute Gasteiger partial charge is 0.487 e. The summed E-state index contributed by atoms with van der Waals surface area (Å²) in [6, 6.07) is 16.3. The van der Waals surface area contributed by atoms with Crippen LogP contribution in [0.2, 0.25) is 0 Å². The molecule has 0 fully saturated rings. The number of hydrogen-bond acceptors (Lipinski definition) is 8. The Morgan fingerprint density at radius 2 is 1.80 bits per heavy atom. The van der Waals surface area contributed by atoms with Crippen molar-refractivity contribution >= 4 is 28.3 Å². The summed E-state index contributed by atoms with van der Waals surface area (Å²) in [5.41, 5.74) is 4.82. The molecule has 0 aliphatic rings. The Morgan fingerprint density at radius 1 is 1.03 bits per heavy atom. The fraction of sp³-hybridized carbons (Fsp3) is 0.148. The first-order chi connectivity index (χ1) is 17.1. The van der Waals surface area contributed by atoms with Gasteiger partial charge in [0, 0.05) is 43.0 Å². The highest BCUT2D eigenvalue weighted by atomic mass is 16.5. The summed E-state index contributed by atoms with van der Waals surface area (Å²) in [5, 5.41) is 11.7. The number of fused-ring (bicyclic) bond motifs is 1. The standard InChI is InChI=1S/C27H25N5O3/c1-3-34-27(33)21-15-24-23(5-4-12-31-24)32-25(21)17-35-20-8-6-19(7-9-20)26(28)22(16-29-2)18-10-13-30-14-11-18/h4-16,28-29H,3,17H2,1-2H3/b22-16-,28-26?. The van der Waals surface area contributed by atoms with Crippen molar-refractivity contribution in [2.75, 3.05) is 13.7 Å². The fourth-order valence-corrected chi connectivity index (χ4v) is 3.54. The molecule has 0 atom stereocenters. The number of pyridine rings is 3. The van der Waals surface area contributed by atoms with Crippen LogP contribution in [0.15, 0.2) is 79.4 Å². The van der Waals surface area contributed by atoms with Crippen LogP contribution < -0.4 is 10.1 Å². The van der Waals surface area contributed by atoms with Crippen LogP contribution >= 0.6 is 0 Å². The number of aromatic nitrogens is 3. The summed E-state index contributed by atoms with van der Waals surface area (Å²) in [6.45, 7) is 2.10. The number of carbonyl (C=O) groups is 1. The first-order valence-corrected chi connectivity index (χ1v) is 11.1. The quantitative estimate of drug-likeness (QED) is 0.277. The SMILES string of the molecule is CCOC(=O)c1cc2ncccc2nc1COc1ccc(C(=N)/C(=C\NC)c2ccncc2)cc1. The van der Waals surface area contributed by atoms with Gasteiger partial charge in [-0.2, -0.15) is 0 Å². The first-order valence-electron chi connectivity index (χ1n) is 11.1. The summed E-state index contributed by atoms with van der Waals surface area (Å²) in [4.78, 5) is 25.4. The summed E-state index contributed by atoms with van der Waals surface area (Å²) in [5.74, 6) is 0.127. The van der Waals surface area contributed by atoms with E-state index in [2.05, 4.69) is 20.3 Å². The first kappa shape index (κ1) is 23.6. The lowest BCUT2D eigenvalue weighted by Gasteiger charge is -2.13. The van der Waals surface area contributed by atoms with Gasteiger partial charge in [-0.3, -0.25) is 15.4 Å². The number of benzene rings is 1. The van der Waals surface area contributed by atoms with Gasteiger partial charge < -0.3 is 14.8 Å². The highest BCUT2D eigenvalue weighted by Crippen LogP contribution is 2.22. The molecule has 0 aliphatic carbocycles. The minimum Gasteiger partial charge on any atom is -0.487 e. The average molecular weight is 468 g/mol. The van der Waals surface area contributed by atoms with Crippen LogP contribution in [0.25, 0.3) is 16.6 Å². The van der Waals surface area contributed by atoms with E-state index in [1.165, 1.54) is 0 Å². The van der Waals surface area contributed by atoms with Crippen molar-refractivity contribution in [3.63, 3.8) is 0 Å². The molecule has 4 aromatic rings. The van der Waals surface area contributed by atoms with Crippen LogP contribution in [0.3, 0.4) is 0 Å². The van der Waals surface area contributed by atoms with Gasteiger partial charge in [0.05, 0.1) is 34.6 Å². The molecule has 0 unspecified atom stereocenters. The van der Waals surface area contributed by atoms with Crippen LogP contribution in [0, 0.1) is 5.41 Å². The minimum absolute atomic E-state index is 0.0810. The summed E-state index contributed by atoms with van der Waals surface area (Å²) < 4.78 is 11.1. The Balaban J connectivity index is 1.53. The van der Waals surface area contributed by atoms with E-state index < -0.39 is 5.97 Å². The predicted octanol–water partition coefficient (Wildman–Crippen LogP) is 4.41. The molecule has 8 heteroatoms. The Bertz CT molecular complexity index is 1370. The van der Waals surface area contributed by atoms with Gasteiger partial charge in [0.2, 0.25) is 0 Å². The van der Waals surface area contributed by atoms with Gasteiger partial charge in [-0.15, -0.1) is 0 Å². The molecule has 0 bridgehead atoms. The Hall–Kier alpha value is -4.59. The lowest BCUT2D eigenvalue weighted by molar-refractivity contribution is 0.0523. The van der Waals surface area contributed by atoms with E-state index in [0.717, 1.165) is 16.7 Å². The van der Waals surface area contributed by atoms with Crippen molar-refractivity contribution in [2.24, 2.45) is 0 Å². The molecule has 176 valence electrons. The molecule has 1 aromatic carbocycles. The maximum absolute atomic E-state index is 12.5. The Labute approximate surface area is 203 Å². The van der Waals surface area contributed by atoms with E-state index in [9.17, 15) is 4.79 Å². The second-order valence-electron chi connectivity index (χ2n) is 7.52. The number of nitrogens with one attached hydrogen (secondary N) is 2. The van der Waals surface area contributed by atoms with Gasteiger partial charge in [-0.05, 0) is 67.1 Å². The Kier molecular flexibility index (Phi) is 7.42. The van der Waals surface area contributed by atoms with E-state index in [-0.39, 0.29) is 13.2 Å². The number of esters is 1. The van der Waals surface area contributed by atoms with Crippen molar-refractivity contribution in [1.29, 1.82) is 5.41 Å². The maximum atomic E-state index is 12.5. The molecule has 3 heterocycles. The number of hydrogen-bond donors (Lipinski definition) is 2. The second kappa shape index (κ2) is 11.0. The van der Waals surface area contributed by atoms with Crippen molar-refractivity contribution in [2.45, 2.75) is 13.5 Å². The predicted molar refractivity (Wildman–Crippen MR) is 134 cm³/mol. The van der Waals surface area contributed by atoms with E-state index in [1.807, 2.05) is 30.3 Å². The fourth-order valence-electron chi connectivity index (χ4n) is 3.54. The van der Waals surface area contributed by atoms with Gasteiger partial charge in [-0.1, -0.05) is 0 Å². The number of carbonyl (C=O) groups excluding carboxylic acids is 1. The lowest BCUT2D eigenvalue weighted by atomic mass is 9.97. The van der Waals surface area contributed by atoms with Crippen LogP contribution in [-0.2, 0) is 11.3 Å². The zero-order chi connectivity index (χ0) is 24.6. The van der Waals surface area contributed by atoms with E-state index in [4.69, 9.17) is 14.9 Å². The number of rotatable bonds is 9. The molecule has 4 rings (SSSR count). The van der Waals surface area contributed by atoms with Crippen LogP contribution in [-0.4, -0.2) is 40.3 Å². The molecule has 3 aromatic heterocycles. The van der Waals surface area contributed by atoms with Gasteiger partial charge in [-0.25, -0.2) is 9.78 Å². The molecule has 0 saturated heterocycles. The molecule has 0 radical (unpaired) electrons. The summed E-state index contributed by atoms with van der Waals surface area (Å²) in [7, 11) is 1.80. The van der Waals surface area contributed by atoms with E-state index in [1.54, 1.807) is 63.0 Å². The minimum atomic E-state index is -0.463. The molecule has 2 N–H and O–H groups in total. The molecular formula is C27H25N5O3. The topological polar surface area (TPSA) is 110 Å². The van der Waals surface area contributed by atoms with Crippen LogP contribution in [0.5, 0.6) is 5.75 Å². The smallest absolute Gasteiger partial charge is 0.340 e. The third-order valence-corrected chi connectivity index (χ3v) is 5.23. The highest BCUT2D eigenvalue weighted by molar-refractivity contribution is 6.30. The molecule has 0 amide bonds. The number of allylic oxidation sites excluding steroid dienone is 1. The van der Waals surface area contributed by atoms with Crippen molar-refractivity contribution in [3.8, 4) is 5.75 Å². The molecule has 0 spiro atoms. The van der Waals surface area contributed by atoms with Gasteiger partial charge in [0.25, 0.3) is 0 Å². The molecule has 0 saturated carbocycles. The maximum Gasteiger partial charge on any atom is 0.340 e. The summed E-state index contributed by atoms with van der Waals surface area (Å²) in [6.07, 6.45) is 6.84. The van der Waals surface area contributed by atoms with Crippen molar-refractivity contribution in [1.82, 2.24) is 20.3 Å². The third kappa shape index (κ3) is 5.50. The third-order valence-electron chi connectivity index (χ3n) is 5.23. The zero-order valence-corrected chi connectivity index (χ0v) is 19.5. The van der Waals surface area contributed by atoms with Crippen molar-refractivity contribution < 1.29 is 14.3 Å². The van der Waals surface area contributed by atoms with E-state index >= 15 is 0 Å². The lowest BCUT2D eigenvalue weighted by Crippen LogP contribution is -2.12. The molecule has 35 heavy (non-hydrogen) atoms. The van der Waals surface area contributed by atoms with E-state index in [0.29, 0.717) is 33.8 Å². The normalized spacial score (nSPS) is 11.2. The summed E-state index contributed by atoms with van der Waals surface area (Å²) >= 11 is 0. The Morgan fingerprint density at radius 3 is 2.51 bits per heavy atom. The van der Waals surface area contributed by atoms with Crippen LogP contribution in [0.1, 0.15) is 34.1 Å². The van der Waals surface area contributed by atoms with Gasteiger partial charge in [0.15, 0.2) is 0 Å². The molecule has 8 nitrogen and oxygen atoms in total. The van der Waals surface area contributed by atoms with Gasteiger partial charge >= 0.3 is 5.97 Å². The van der Waals surface area contributed by atoms with Gasteiger partial charge in [0.1, 0.15) is 12.4 Å². The van der Waals surface area contributed by atoms with Crippen LogP contribution in [0.4, 0.5) is 0 Å². The zero-order valence-electron chi connectivity index (χ0n) is 19.5. The highest BCUT2D eigenvalue weighted by Gasteiger charge is 2.17. The monoisotopic (exact) mass is 467 g/mol. The number of nitrogens with zero attached hydrogens (tertiary/aromatic N) is 3. The number of ether oxygens (including phenoxy) is 2. The second-order valence-corrected chi connectivity index (χ2v) is 7.52. The molecular weight excluding hydrogens is 442 g/mol.